The van der Waals surface area contributed by atoms with E-state index in [0.717, 1.165) is 47.1 Å². The molecule has 34 heavy (non-hydrogen) atoms. The summed E-state index contributed by atoms with van der Waals surface area (Å²) in [7, 11) is 1.38. The van der Waals surface area contributed by atoms with Crippen molar-refractivity contribution in [1.82, 2.24) is 19.6 Å². The molecule has 3 aromatic heterocycles. The SMILES string of the molecule is COC(=O)c1cccc(-c2cc(Cc3cccc(N4CC(C)CC(C)C4)n3)c3nccn3n2)c1. The van der Waals surface area contributed by atoms with E-state index >= 15 is 0 Å². The van der Waals surface area contributed by atoms with Gasteiger partial charge in [0.2, 0.25) is 0 Å². The topological polar surface area (TPSA) is 72.6 Å². The van der Waals surface area contributed by atoms with Crippen molar-refractivity contribution >= 4 is 17.4 Å². The smallest absolute Gasteiger partial charge is 0.337 e. The third-order valence-electron chi connectivity index (χ3n) is 6.37. The molecule has 0 aliphatic carbocycles. The van der Waals surface area contributed by atoms with Crippen LogP contribution in [0, 0.1) is 11.8 Å². The van der Waals surface area contributed by atoms with E-state index in [1.807, 2.05) is 24.4 Å². The van der Waals surface area contributed by atoms with E-state index in [9.17, 15) is 4.79 Å². The Morgan fingerprint density at radius 1 is 1.09 bits per heavy atom. The molecule has 0 radical (unpaired) electrons. The number of carbonyl (C=O) groups is 1. The molecule has 4 heterocycles. The van der Waals surface area contributed by atoms with Gasteiger partial charge in [-0.3, -0.25) is 0 Å². The van der Waals surface area contributed by atoms with Crippen LogP contribution >= 0.6 is 0 Å². The number of piperidine rings is 1. The van der Waals surface area contributed by atoms with Crippen molar-refractivity contribution in [3.8, 4) is 11.3 Å². The van der Waals surface area contributed by atoms with E-state index in [1.54, 1.807) is 22.8 Å². The number of pyridine rings is 1. The molecule has 0 saturated carbocycles. The van der Waals surface area contributed by atoms with Crippen molar-refractivity contribution in [2.75, 3.05) is 25.1 Å². The number of nitrogens with zero attached hydrogens (tertiary/aromatic N) is 5. The maximum Gasteiger partial charge on any atom is 0.337 e. The quantitative estimate of drug-likeness (QED) is 0.408. The molecule has 1 aromatic carbocycles. The first-order valence-corrected chi connectivity index (χ1v) is 11.7. The summed E-state index contributed by atoms with van der Waals surface area (Å²) in [5, 5.41) is 4.72. The molecule has 7 nitrogen and oxygen atoms in total. The molecule has 1 fully saturated rings. The maximum absolute atomic E-state index is 12.0. The summed E-state index contributed by atoms with van der Waals surface area (Å²) in [5.74, 6) is 2.01. The number of carbonyl (C=O) groups excluding carboxylic acids is 1. The van der Waals surface area contributed by atoms with Gasteiger partial charge in [0.05, 0.1) is 18.4 Å². The van der Waals surface area contributed by atoms with Crippen LogP contribution in [0.5, 0.6) is 0 Å². The molecule has 1 aliphatic rings. The third-order valence-corrected chi connectivity index (χ3v) is 6.37. The zero-order valence-corrected chi connectivity index (χ0v) is 19.8. The number of anilines is 1. The van der Waals surface area contributed by atoms with Crippen molar-refractivity contribution in [2.24, 2.45) is 11.8 Å². The Morgan fingerprint density at radius 3 is 2.68 bits per heavy atom. The van der Waals surface area contributed by atoms with Crippen molar-refractivity contribution < 1.29 is 9.53 Å². The van der Waals surface area contributed by atoms with E-state index in [4.69, 9.17) is 14.8 Å². The van der Waals surface area contributed by atoms with Crippen LogP contribution in [0.4, 0.5) is 5.82 Å². The largest absolute Gasteiger partial charge is 0.465 e. The maximum atomic E-state index is 12.0. The molecule has 0 N–H and O–H groups in total. The van der Waals surface area contributed by atoms with Crippen molar-refractivity contribution in [3.63, 3.8) is 0 Å². The predicted octanol–water partition coefficient (Wildman–Crippen LogP) is 4.65. The molecule has 1 saturated heterocycles. The first kappa shape index (κ1) is 22.1. The monoisotopic (exact) mass is 455 g/mol. The minimum absolute atomic E-state index is 0.367. The number of hydrogen-bond donors (Lipinski definition) is 0. The van der Waals surface area contributed by atoms with Crippen LogP contribution in [0.15, 0.2) is 60.9 Å². The number of esters is 1. The average molecular weight is 456 g/mol. The van der Waals surface area contributed by atoms with E-state index in [2.05, 4.69) is 41.9 Å². The van der Waals surface area contributed by atoms with Gasteiger partial charge in [-0.15, -0.1) is 0 Å². The zero-order chi connectivity index (χ0) is 23.7. The van der Waals surface area contributed by atoms with Gasteiger partial charge in [-0.25, -0.2) is 19.3 Å². The van der Waals surface area contributed by atoms with E-state index in [-0.39, 0.29) is 5.97 Å². The number of hydrogen-bond acceptors (Lipinski definition) is 6. The predicted molar refractivity (Wildman–Crippen MR) is 132 cm³/mol. The van der Waals surface area contributed by atoms with Gasteiger partial charge >= 0.3 is 5.97 Å². The number of imidazole rings is 1. The van der Waals surface area contributed by atoms with Gasteiger partial charge in [0, 0.05) is 48.7 Å². The Morgan fingerprint density at radius 2 is 1.88 bits per heavy atom. The highest BCUT2D eigenvalue weighted by atomic mass is 16.5. The molecule has 0 bridgehead atoms. The molecular weight excluding hydrogens is 426 g/mol. The van der Waals surface area contributed by atoms with Gasteiger partial charge in [0.15, 0.2) is 5.65 Å². The normalized spacial score (nSPS) is 18.3. The van der Waals surface area contributed by atoms with Gasteiger partial charge in [0.25, 0.3) is 0 Å². The van der Waals surface area contributed by atoms with Crippen molar-refractivity contribution in [1.29, 1.82) is 0 Å². The Kier molecular flexibility index (Phi) is 6.01. The van der Waals surface area contributed by atoms with Crippen LogP contribution in [-0.2, 0) is 11.2 Å². The lowest BCUT2D eigenvalue weighted by molar-refractivity contribution is 0.0601. The number of methoxy groups -OCH3 is 1. The highest BCUT2D eigenvalue weighted by molar-refractivity contribution is 5.90. The van der Waals surface area contributed by atoms with E-state index in [0.29, 0.717) is 23.8 Å². The van der Waals surface area contributed by atoms with Gasteiger partial charge in [-0.1, -0.05) is 32.0 Å². The molecule has 5 rings (SSSR count). The minimum Gasteiger partial charge on any atom is -0.465 e. The summed E-state index contributed by atoms with van der Waals surface area (Å²) in [6, 6.07) is 15.6. The number of ether oxygens (including phenoxy) is 1. The lowest BCUT2D eigenvalue weighted by atomic mass is 9.92. The average Bonchev–Trinajstić information content (AvgIpc) is 3.32. The molecule has 0 amide bonds. The van der Waals surface area contributed by atoms with Gasteiger partial charge in [-0.2, -0.15) is 5.10 Å². The van der Waals surface area contributed by atoms with Gasteiger partial charge in [0.1, 0.15) is 5.82 Å². The Balaban J connectivity index is 1.48. The number of aromatic nitrogens is 4. The summed E-state index contributed by atoms with van der Waals surface area (Å²) in [6.07, 6.45) is 5.50. The van der Waals surface area contributed by atoms with Crippen LogP contribution in [0.25, 0.3) is 16.9 Å². The molecule has 0 spiro atoms. The molecule has 174 valence electrons. The fourth-order valence-corrected chi connectivity index (χ4v) is 4.96. The lowest BCUT2D eigenvalue weighted by Gasteiger charge is -2.36. The first-order chi connectivity index (χ1) is 16.5. The molecule has 2 unspecified atom stereocenters. The van der Waals surface area contributed by atoms with Crippen LogP contribution in [0.2, 0.25) is 0 Å². The Bertz CT molecular complexity index is 1320. The summed E-state index contributed by atoms with van der Waals surface area (Å²) in [5.41, 5.74) is 4.94. The second-order valence-corrected chi connectivity index (χ2v) is 9.34. The fourth-order valence-electron chi connectivity index (χ4n) is 4.96. The second-order valence-electron chi connectivity index (χ2n) is 9.34. The zero-order valence-electron chi connectivity index (χ0n) is 19.8. The van der Waals surface area contributed by atoms with Gasteiger partial charge in [-0.05, 0) is 48.6 Å². The number of fused-ring (bicyclic) bond motifs is 1. The number of rotatable bonds is 5. The van der Waals surface area contributed by atoms with Crippen LogP contribution in [0.1, 0.15) is 41.9 Å². The second kappa shape index (κ2) is 9.25. The number of benzene rings is 1. The van der Waals surface area contributed by atoms with E-state index < -0.39 is 0 Å². The highest BCUT2D eigenvalue weighted by Crippen LogP contribution is 2.27. The fraction of sp³-hybridized carbons (Fsp3) is 0.333. The molecule has 1 aliphatic heterocycles. The minimum atomic E-state index is -0.367. The summed E-state index contributed by atoms with van der Waals surface area (Å²) < 4.78 is 6.66. The summed E-state index contributed by atoms with van der Waals surface area (Å²) in [4.78, 5) is 24.0. The van der Waals surface area contributed by atoms with Crippen molar-refractivity contribution in [2.45, 2.75) is 26.7 Å². The third kappa shape index (κ3) is 4.51. The van der Waals surface area contributed by atoms with Crippen LogP contribution < -0.4 is 4.90 Å². The van der Waals surface area contributed by atoms with Gasteiger partial charge < -0.3 is 9.64 Å². The molecule has 7 heteroatoms. The lowest BCUT2D eigenvalue weighted by Crippen LogP contribution is -2.39. The molecule has 2 atom stereocenters. The highest BCUT2D eigenvalue weighted by Gasteiger charge is 2.23. The molecular formula is C27H29N5O2. The van der Waals surface area contributed by atoms with Crippen LogP contribution in [0.3, 0.4) is 0 Å². The van der Waals surface area contributed by atoms with Crippen LogP contribution in [-0.4, -0.2) is 45.8 Å². The van der Waals surface area contributed by atoms with E-state index in [1.165, 1.54) is 13.5 Å². The standard InChI is InChI=1S/C27H29N5O2/c1-18-12-19(2)17-31(16-18)25-9-5-8-23(29-25)14-22-15-24(30-32-11-10-28-26(22)32)20-6-4-7-21(13-20)27(33)34-3/h4-11,13,15,18-19H,12,14,16-17H2,1-3H3. The first-order valence-electron chi connectivity index (χ1n) is 11.7. The Labute approximate surface area is 199 Å². The summed E-state index contributed by atoms with van der Waals surface area (Å²) >= 11 is 0. The summed E-state index contributed by atoms with van der Waals surface area (Å²) in [6.45, 7) is 6.72. The molecule has 4 aromatic rings. The Hall–Kier alpha value is -3.74. The van der Waals surface area contributed by atoms with Crippen molar-refractivity contribution in [3.05, 3.63) is 77.7 Å².